The lowest BCUT2D eigenvalue weighted by Gasteiger charge is -2.07. The van der Waals surface area contributed by atoms with Gasteiger partial charge < -0.3 is 5.32 Å². The van der Waals surface area contributed by atoms with Gasteiger partial charge in [-0.05, 0) is 29.8 Å². The molecule has 0 fully saturated rings. The second-order valence-corrected chi connectivity index (χ2v) is 6.54. The highest BCUT2D eigenvalue weighted by molar-refractivity contribution is 9.10. The van der Waals surface area contributed by atoms with Gasteiger partial charge in [-0.1, -0.05) is 34.1 Å². The van der Waals surface area contributed by atoms with Crippen molar-refractivity contribution in [1.82, 2.24) is 5.32 Å². The second-order valence-electron chi connectivity index (χ2n) is 4.52. The minimum absolute atomic E-state index is 0.00785. The van der Waals surface area contributed by atoms with Crippen molar-refractivity contribution in [3.63, 3.8) is 0 Å². The third kappa shape index (κ3) is 4.81. The summed E-state index contributed by atoms with van der Waals surface area (Å²) in [7, 11) is 0. The van der Waals surface area contributed by atoms with E-state index in [0.29, 0.717) is 28.1 Å². The van der Waals surface area contributed by atoms with Crippen LogP contribution in [0.1, 0.15) is 15.9 Å². The molecule has 1 amide bonds. The highest BCUT2D eigenvalue weighted by Crippen LogP contribution is 2.16. The van der Waals surface area contributed by atoms with Crippen molar-refractivity contribution in [1.29, 1.82) is 0 Å². The van der Waals surface area contributed by atoms with Crippen LogP contribution >= 0.6 is 27.7 Å². The fourth-order valence-electron chi connectivity index (χ4n) is 1.80. The number of hydrogen-bond acceptors (Lipinski definition) is 2. The Balaban J connectivity index is 1.76. The lowest BCUT2D eigenvalue weighted by molar-refractivity contribution is 0.0952. The van der Waals surface area contributed by atoms with Gasteiger partial charge in [0.2, 0.25) is 0 Å². The molecule has 116 valence electrons. The van der Waals surface area contributed by atoms with E-state index >= 15 is 0 Å². The SMILES string of the molecule is O=C(NCCSCc1ccccc1F)c1cc(Br)ccc1F. The number of carbonyl (C=O) groups is 1. The molecule has 0 bridgehead atoms. The van der Waals surface area contributed by atoms with Gasteiger partial charge in [0.05, 0.1) is 5.56 Å². The molecule has 2 rings (SSSR count). The largest absolute Gasteiger partial charge is 0.351 e. The molecule has 0 aliphatic heterocycles. The van der Waals surface area contributed by atoms with Crippen molar-refractivity contribution in [3.8, 4) is 0 Å². The first-order valence-corrected chi connectivity index (χ1v) is 8.57. The molecule has 0 saturated carbocycles. The number of thioether (sulfide) groups is 1. The summed E-state index contributed by atoms with van der Waals surface area (Å²) in [6, 6.07) is 10.8. The molecule has 0 aromatic heterocycles. The summed E-state index contributed by atoms with van der Waals surface area (Å²) in [5, 5.41) is 2.65. The predicted molar refractivity (Wildman–Crippen MR) is 89.0 cm³/mol. The lowest BCUT2D eigenvalue weighted by Crippen LogP contribution is -2.26. The monoisotopic (exact) mass is 385 g/mol. The van der Waals surface area contributed by atoms with Gasteiger partial charge in [0, 0.05) is 22.5 Å². The number of hydrogen-bond donors (Lipinski definition) is 1. The van der Waals surface area contributed by atoms with Gasteiger partial charge in [-0.3, -0.25) is 4.79 Å². The number of carbonyl (C=O) groups excluding carboxylic acids is 1. The average molecular weight is 386 g/mol. The number of halogens is 3. The summed E-state index contributed by atoms with van der Waals surface area (Å²) in [5.74, 6) is -0.0796. The van der Waals surface area contributed by atoms with Crippen LogP contribution in [-0.2, 0) is 5.75 Å². The molecule has 1 N–H and O–H groups in total. The first-order chi connectivity index (χ1) is 10.6. The Labute approximate surface area is 140 Å². The van der Waals surface area contributed by atoms with E-state index in [0.717, 1.165) is 0 Å². The normalized spacial score (nSPS) is 10.5. The molecule has 2 aromatic rings. The molecular formula is C16H14BrF2NOS. The van der Waals surface area contributed by atoms with Crippen LogP contribution in [-0.4, -0.2) is 18.2 Å². The molecule has 2 aromatic carbocycles. The first kappa shape index (κ1) is 17.0. The highest BCUT2D eigenvalue weighted by atomic mass is 79.9. The zero-order chi connectivity index (χ0) is 15.9. The van der Waals surface area contributed by atoms with Crippen LogP contribution in [0.2, 0.25) is 0 Å². The zero-order valence-corrected chi connectivity index (χ0v) is 14.0. The topological polar surface area (TPSA) is 29.1 Å². The minimum Gasteiger partial charge on any atom is -0.351 e. The summed E-state index contributed by atoms with van der Waals surface area (Å²) in [6.07, 6.45) is 0. The fourth-order valence-corrected chi connectivity index (χ4v) is 3.01. The van der Waals surface area contributed by atoms with E-state index in [1.54, 1.807) is 18.2 Å². The van der Waals surface area contributed by atoms with Gasteiger partial charge in [0.1, 0.15) is 11.6 Å². The minimum atomic E-state index is -0.556. The third-order valence-electron chi connectivity index (χ3n) is 2.92. The third-order valence-corrected chi connectivity index (χ3v) is 4.42. The van der Waals surface area contributed by atoms with E-state index in [1.165, 1.54) is 36.0 Å². The fraction of sp³-hybridized carbons (Fsp3) is 0.188. The maximum absolute atomic E-state index is 13.5. The Morgan fingerprint density at radius 3 is 2.68 bits per heavy atom. The molecule has 2 nitrogen and oxygen atoms in total. The number of rotatable bonds is 6. The van der Waals surface area contributed by atoms with E-state index in [2.05, 4.69) is 21.2 Å². The Kier molecular flexibility index (Phi) is 6.39. The van der Waals surface area contributed by atoms with Gasteiger partial charge in [-0.15, -0.1) is 0 Å². The van der Waals surface area contributed by atoms with E-state index in [-0.39, 0.29) is 11.4 Å². The molecule has 0 spiro atoms. The van der Waals surface area contributed by atoms with Gasteiger partial charge in [-0.2, -0.15) is 11.8 Å². The lowest BCUT2D eigenvalue weighted by atomic mass is 10.2. The molecule has 0 aliphatic rings. The van der Waals surface area contributed by atoms with Crippen molar-refractivity contribution < 1.29 is 13.6 Å². The summed E-state index contributed by atoms with van der Waals surface area (Å²) in [6.45, 7) is 0.393. The second kappa shape index (κ2) is 8.29. The first-order valence-electron chi connectivity index (χ1n) is 6.62. The molecule has 0 radical (unpaired) electrons. The average Bonchev–Trinajstić information content (AvgIpc) is 2.51. The zero-order valence-electron chi connectivity index (χ0n) is 11.6. The maximum atomic E-state index is 13.5. The van der Waals surface area contributed by atoms with Gasteiger partial charge in [0.25, 0.3) is 5.91 Å². The molecule has 0 saturated heterocycles. The maximum Gasteiger partial charge on any atom is 0.254 e. The summed E-state index contributed by atoms with van der Waals surface area (Å²) < 4.78 is 27.6. The van der Waals surface area contributed by atoms with E-state index in [9.17, 15) is 13.6 Å². The summed E-state index contributed by atoms with van der Waals surface area (Å²) in [4.78, 5) is 11.9. The van der Waals surface area contributed by atoms with Gasteiger partial charge in [0.15, 0.2) is 0 Å². The van der Waals surface area contributed by atoms with Crippen LogP contribution in [0.25, 0.3) is 0 Å². The van der Waals surface area contributed by atoms with Crippen molar-refractivity contribution in [3.05, 3.63) is 69.7 Å². The molecule has 0 unspecified atom stereocenters. The summed E-state index contributed by atoms with van der Waals surface area (Å²) >= 11 is 4.71. The van der Waals surface area contributed by atoms with E-state index < -0.39 is 11.7 Å². The van der Waals surface area contributed by atoms with Crippen LogP contribution in [0.3, 0.4) is 0 Å². The van der Waals surface area contributed by atoms with E-state index in [1.807, 2.05) is 0 Å². The van der Waals surface area contributed by atoms with Crippen LogP contribution in [0.5, 0.6) is 0 Å². The van der Waals surface area contributed by atoms with Crippen molar-refractivity contribution in [2.45, 2.75) is 5.75 Å². The predicted octanol–water partition coefficient (Wildman–Crippen LogP) is 4.39. The number of amides is 1. The molecule has 22 heavy (non-hydrogen) atoms. The Hall–Kier alpha value is -1.40. The standard InChI is InChI=1S/C16H14BrF2NOS/c17-12-5-6-15(19)13(9-12)16(21)20-7-8-22-10-11-3-1-2-4-14(11)18/h1-6,9H,7-8,10H2,(H,20,21). The van der Waals surface area contributed by atoms with Crippen LogP contribution in [0, 0.1) is 11.6 Å². The smallest absolute Gasteiger partial charge is 0.254 e. The summed E-state index contributed by atoms with van der Waals surface area (Å²) in [5.41, 5.74) is 0.644. The Bertz CT molecular complexity index is 666. The Morgan fingerprint density at radius 2 is 1.91 bits per heavy atom. The molecular weight excluding hydrogens is 372 g/mol. The van der Waals surface area contributed by atoms with E-state index in [4.69, 9.17) is 0 Å². The van der Waals surface area contributed by atoms with Crippen molar-refractivity contribution >= 4 is 33.6 Å². The molecule has 0 atom stereocenters. The molecule has 6 heteroatoms. The van der Waals surface area contributed by atoms with Crippen molar-refractivity contribution in [2.75, 3.05) is 12.3 Å². The van der Waals surface area contributed by atoms with Gasteiger partial charge >= 0.3 is 0 Å². The van der Waals surface area contributed by atoms with Crippen LogP contribution in [0.4, 0.5) is 8.78 Å². The van der Waals surface area contributed by atoms with Crippen LogP contribution in [0.15, 0.2) is 46.9 Å². The molecule has 0 heterocycles. The van der Waals surface area contributed by atoms with Gasteiger partial charge in [-0.25, -0.2) is 8.78 Å². The number of nitrogens with one attached hydrogen (secondary N) is 1. The highest BCUT2D eigenvalue weighted by Gasteiger charge is 2.11. The molecule has 0 aliphatic carbocycles. The number of benzene rings is 2. The van der Waals surface area contributed by atoms with Crippen molar-refractivity contribution in [2.24, 2.45) is 0 Å². The van der Waals surface area contributed by atoms with Crippen LogP contribution < -0.4 is 5.32 Å². The Morgan fingerprint density at radius 1 is 1.14 bits per heavy atom. The quantitative estimate of drug-likeness (QED) is 0.747.